The fourth-order valence-corrected chi connectivity index (χ4v) is 4.90. The van der Waals surface area contributed by atoms with Crippen molar-refractivity contribution in [2.24, 2.45) is 11.1 Å². The Morgan fingerprint density at radius 1 is 1.15 bits per heavy atom. The van der Waals surface area contributed by atoms with Gasteiger partial charge in [-0.25, -0.2) is 9.67 Å². The van der Waals surface area contributed by atoms with Crippen LogP contribution in [0.2, 0.25) is 0 Å². The summed E-state index contributed by atoms with van der Waals surface area (Å²) >= 11 is 0. The lowest BCUT2D eigenvalue weighted by Gasteiger charge is -2.57. The van der Waals surface area contributed by atoms with Crippen molar-refractivity contribution < 1.29 is 19.1 Å². The van der Waals surface area contributed by atoms with Crippen LogP contribution in [0, 0.1) is 5.41 Å². The highest BCUT2D eigenvalue weighted by Gasteiger charge is 2.54. The van der Waals surface area contributed by atoms with Gasteiger partial charge in [0.1, 0.15) is 23.1 Å². The highest BCUT2D eigenvalue weighted by molar-refractivity contribution is 5.95. The number of hydrogen-bond acceptors (Lipinski definition) is 6. The number of carbonyl (C=O) groups is 2. The number of carbonyl (C=O) groups excluding carboxylic acids is 2. The van der Waals surface area contributed by atoms with Gasteiger partial charge in [0.15, 0.2) is 0 Å². The Balaban J connectivity index is 1.13. The van der Waals surface area contributed by atoms with Crippen molar-refractivity contribution in [1.82, 2.24) is 20.1 Å². The van der Waals surface area contributed by atoms with Crippen LogP contribution in [0.1, 0.15) is 46.4 Å². The first-order chi connectivity index (χ1) is 16.0. The van der Waals surface area contributed by atoms with E-state index in [4.69, 9.17) is 15.2 Å². The van der Waals surface area contributed by atoms with Crippen molar-refractivity contribution in [1.29, 1.82) is 0 Å². The summed E-state index contributed by atoms with van der Waals surface area (Å²) in [7, 11) is 1.60. The van der Waals surface area contributed by atoms with Crippen LogP contribution < -0.4 is 20.5 Å². The molecule has 1 spiro atoms. The number of nitrogens with one attached hydrogen (secondary N) is 1. The lowest BCUT2D eigenvalue weighted by Crippen LogP contribution is -2.58. The highest BCUT2D eigenvalue weighted by atomic mass is 16.5. The maximum absolute atomic E-state index is 12.7. The first-order valence-electron chi connectivity index (χ1n) is 10.9. The average Bonchev–Trinajstić information content (AvgIpc) is 3.26. The number of primary amides is 1. The molecule has 2 saturated carbocycles. The molecule has 0 bridgehead atoms. The number of methoxy groups -OCH3 is 1. The molecule has 0 saturated heterocycles. The minimum atomic E-state index is -0.549. The molecule has 3 aromatic rings. The number of nitrogens with zero attached hydrogens (tertiary/aromatic N) is 3. The van der Waals surface area contributed by atoms with E-state index in [1.807, 2.05) is 24.3 Å². The molecule has 2 aromatic heterocycles. The summed E-state index contributed by atoms with van der Waals surface area (Å²) in [5.74, 6) is 0.292. The molecule has 0 atom stereocenters. The standard InChI is InChI=1S/C24H25N5O4/c1-32-20-7-3-2-6-19(20)29-14-15(13-27-29)22(31)28-16-9-24(10-16)11-17(12-24)33-23-18(21(25)30)5-4-8-26-23/h2-8,13-14,16-17H,9-12H2,1H3,(H2,25,30)(H,28,31). The van der Waals surface area contributed by atoms with Gasteiger partial charge in [0, 0.05) is 18.4 Å². The van der Waals surface area contributed by atoms with Crippen molar-refractivity contribution in [2.45, 2.75) is 37.8 Å². The third-order valence-electron chi connectivity index (χ3n) is 6.51. The molecule has 0 radical (unpaired) electrons. The summed E-state index contributed by atoms with van der Waals surface area (Å²) in [6, 6.07) is 10.9. The van der Waals surface area contributed by atoms with Crippen LogP contribution in [0.4, 0.5) is 0 Å². The Morgan fingerprint density at radius 2 is 1.94 bits per heavy atom. The number of amides is 2. The molecule has 9 nitrogen and oxygen atoms in total. The van der Waals surface area contributed by atoms with Gasteiger partial charge in [0.2, 0.25) is 5.88 Å². The zero-order valence-electron chi connectivity index (χ0n) is 18.2. The van der Waals surface area contributed by atoms with Gasteiger partial charge in [-0.2, -0.15) is 5.10 Å². The van der Waals surface area contributed by atoms with E-state index in [1.165, 1.54) is 0 Å². The average molecular weight is 447 g/mol. The van der Waals surface area contributed by atoms with Gasteiger partial charge in [-0.1, -0.05) is 12.1 Å². The molecule has 2 amide bonds. The van der Waals surface area contributed by atoms with Crippen molar-refractivity contribution in [2.75, 3.05) is 7.11 Å². The minimum absolute atomic E-state index is 0.00809. The largest absolute Gasteiger partial charge is 0.494 e. The van der Waals surface area contributed by atoms with Gasteiger partial charge in [0.05, 0.1) is 18.9 Å². The van der Waals surface area contributed by atoms with E-state index < -0.39 is 5.91 Å². The van der Waals surface area contributed by atoms with Crippen LogP contribution in [0.3, 0.4) is 0 Å². The lowest BCUT2D eigenvalue weighted by molar-refractivity contribution is -0.0848. The molecule has 5 rings (SSSR count). The molecular formula is C24H25N5O4. The molecule has 3 N–H and O–H groups in total. The molecule has 1 aromatic carbocycles. The van der Waals surface area contributed by atoms with Gasteiger partial charge < -0.3 is 20.5 Å². The Hall–Kier alpha value is -3.88. The summed E-state index contributed by atoms with van der Waals surface area (Å²) in [6.07, 6.45) is 8.42. The third-order valence-corrected chi connectivity index (χ3v) is 6.51. The molecule has 0 aliphatic heterocycles. The molecule has 2 aliphatic carbocycles. The molecule has 2 heterocycles. The fourth-order valence-electron chi connectivity index (χ4n) is 4.90. The zero-order valence-corrected chi connectivity index (χ0v) is 18.2. The van der Waals surface area contributed by atoms with Crippen molar-refractivity contribution in [3.05, 3.63) is 66.1 Å². The number of nitrogens with two attached hydrogens (primary N) is 1. The monoisotopic (exact) mass is 447 g/mol. The van der Waals surface area contributed by atoms with E-state index in [0.29, 0.717) is 22.8 Å². The Morgan fingerprint density at radius 3 is 2.70 bits per heavy atom. The smallest absolute Gasteiger partial charge is 0.254 e. The van der Waals surface area contributed by atoms with Crippen molar-refractivity contribution >= 4 is 11.8 Å². The van der Waals surface area contributed by atoms with E-state index in [0.717, 1.165) is 31.4 Å². The number of rotatable bonds is 7. The highest BCUT2D eigenvalue weighted by Crippen LogP contribution is 2.56. The normalized spacial score (nSPS) is 23.3. The quantitative estimate of drug-likeness (QED) is 0.574. The second-order valence-corrected chi connectivity index (χ2v) is 8.79. The SMILES string of the molecule is COc1ccccc1-n1cc(C(=O)NC2CC3(C2)CC(Oc2ncccc2C(N)=O)C3)cn1. The molecule has 2 aliphatic rings. The van der Waals surface area contributed by atoms with Crippen LogP contribution >= 0.6 is 0 Å². The number of para-hydroxylation sites is 2. The maximum atomic E-state index is 12.7. The second-order valence-electron chi connectivity index (χ2n) is 8.79. The summed E-state index contributed by atoms with van der Waals surface area (Å²) in [5.41, 5.74) is 7.15. The van der Waals surface area contributed by atoms with E-state index in [2.05, 4.69) is 15.4 Å². The number of hydrogen-bond donors (Lipinski definition) is 2. The van der Waals surface area contributed by atoms with Crippen LogP contribution in [0.5, 0.6) is 11.6 Å². The van der Waals surface area contributed by atoms with E-state index in [1.54, 1.807) is 42.5 Å². The van der Waals surface area contributed by atoms with Crippen LogP contribution in [0.15, 0.2) is 55.0 Å². The predicted molar refractivity (Wildman–Crippen MR) is 119 cm³/mol. The van der Waals surface area contributed by atoms with E-state index >= 15 is 0 Å². The van der Waals surface area contributed by atoms with Gasteiger partial charge in [-0.05, 0) is 55.4 Å². The van der Waals surface area contributed by atoms with Crippen molar-refractivity contribution in [3.63, 3.8) is 0 Å². The topological polar surface area (TPSA) is 121 Å². The molecule has 33 heavy (non-hydrogen) atoms. The first kappa shape index (κ1) is 21.0. The van der Waals surface area contributed by atoms with Gasteiger partial charge in [-0.3, -0.25) is 9.59 Å². The lowest BCUT2D eigenvalue weighted by atomic mass is 9.53. The molecular weight excluding hydrogens is 422 g/mol. The number of benzene rings is 1. The van der Waals surface area contributed by atoms with E-state index in [9.17, 15) is 9.59 Å². The Labute approximate surface area is 190 Å². The number of pyridine rings is 1. The van der Waals surface area contributed by atoms with Crippen LogP contribution in [0.25, 0.3) is 5.69 Å². The fraction of sp³-hybridized carbons (Fsp3) is 0.333. The van der Waals surface area contributed by atoms with Gasteiger partial charge in [-0.15, -0.1) is 0 Å². The number of ether oxygens (including phenoxy) is 2. The molecule has 170 valence electrons. The summed E-state index contributed by atoms with van der Waals surface area (Å²) < 4.78 is 12.9. The predicted octanol–water partition coefficient (Wildman–Crippen LogP) is 2.49. The van der Waals surface area contributed by atoms with E-state index in [-0.39, 0.29) is 23.5 Å². The Kier molecular flexibility index (Phi) is 5.24. The first-order valence-corrected chi connectivity index (χ1v) is 10.9. The molecule has 9 heteroatoms. The van der Waals surface area contributed by atoms with Gasteiger partial charge >= 0.3 is 0 Å². The van der Waals surface area contributed by atoms with Crippen LogP contribution in [-0.2, 0) is 0 Å². The van der Waals surface area contributed by atoms with Crippen molar-refractivity contribution in [3.8, 4) is 17.3 Å². The van der Waals surface area contributed by atoms with Gasteiger partial charge in [0.25, 0.3) is 11.8 Å². The second kappa shape index (κ2) is 8.23. The summed E-state index contributed by atoms with van der Waals surface area (Å²) in [4.78, 5) is 28.4. The zero-order chi connectivity index (χ0) is 23.0. The minimum Gasteiger partial charge on any atom is -0.494 e. The third kappa shape index (κ3) is 4.02. The van der Waals surface area contributed by atoms with Crippen LogP contribution in [-0.4, -0.2) is 45.8 Å². The Bertz CT molecular complexity index is 1190. The molecule has 0 unspecified atom stereocenters. The molecule has 2 fully saturated rings. The summed E-state index contributed by atoms with van der Waals surface area (Å²) in [5, 5.41) is 7.41. The number of aromatic nitrogens is 3. The maximum Gasteiger partial charge on any atom is 0.254 e. The summed E-state index contributed by atoms with van der Waals surface area (Å²) in [6.45, 7) is 0.